The topological polar surface area (TPSA) is 141 Å². The maximum atomic E-state index is 12.0. The zero-order valence-electron chi connectivity index (χ0n) is 56.9. The van der Waals surface area contributed by atoms with E-state index in [4.69, 9.17) is 0 Å². The summed E-state index contributed by atoms with van der Waals surface area (Å²) >= 11 is 4.74. The van der Waals surface area contributed by atoms with Crippen LogP contribution in [-0.4, -0.2) is 68.6 Å². The Morgan fingerprint density at radius 3 is 1.23 bits per heavy atom. The Hall–Kier alpha value is -5.85. The van der Waals surface area contributed by atoms with E-state index in [0.29, 0.717) is 74.7 Å². The van der Waals surface area contributed by atoms with Crippen molar-refractivity contribution in [2.75, 3.05) is 0 Å². The van der Waals surface area contributed by atoms with Gasteiger partial charge >= 0.3 is 12.4 Å². The highest BCUT2D eigenvalue weighted by atomic mass is 32.1. The molecule has 9 aromatic heterocycles. The molecule has 0 aliphatic rings. The molecule has 0 unspecified atom stereocenters. The van der Waals surface area contributed by atoms with Crippen molar-refractivity contribution in [3.63, 3.8) is 0 Å². The summed E-state index contributed by atoms with van der Waals surface area (Å²) in [6.45, 7) is 43.7. The summed E-state index contributed by atoms with van der Waals surface area (Å²) in [5, 5.41) is 22.2. The molecule has 24 heteroatoms. The molecule has 9 rings (SSSR count). The highest BCUT2D eigenvalue weighted by Crippen LogP contribution is 2.35. The molecule has 0 atom stereocenters. The Balaban J connectivity index is 0.000000496. The molecular weight excluding hydrogens is 1210 g/mol. The predicted octanol–water partition coefficient (Wildman–Crippen LogP) is 19.7. The number of imidazole rings is 1. The van der Waals surface area contributed by atoms with E-state index in [1.54, 1.807) is 22.7 Å². The first-order chi connectivity index (χ1) is 40.7. The molecule has 0 saturated heterocycles. The van der Waals surface area contributed by atoms with Crippen molar-refractivity contribution in [2.24, 2.45) is 35.2 Å². The molecule has 14 nitrogen and oxygen atoms in total. The Labute approximate surface area is 537 Å². The molecular formula is C64H100F6N14S4. The smallest absolute Gasteiger partial charge is 0.337 e. The van der Waals surface area contributed by atoms with Crippen molar-refractivity contribution in [1.82, 2.24) is 68.6 Å². The van der Waals surface area contributed by atoms with Gasteiger partial charge in [0.2, 0.25) is 0 Å². The van der Waals surface area contributed by atoms with Crippen molar-refractivity contribution in [3.05, 3.63) is 154 Å². The summed E-state index contributed by atoms with van der Waals surface area (Å²) in [6.07, 6.45) is 0.235. The lowest BCUT2D eigenvalue weighted by atomic mass is 10.1. The lowest BCUT2D eigenvalue weighted by Gasteiger charge is -2.03. The summed E-state index contributed by atoms with van der Waals surface area (Å²) in [5.74, 6) is 4.15. The zero-order valence-corrected chi connectivity index (χ0v) is 60.1. The third-order valence-electron chi connectivity index (χ3n) is 12.5. The van der Waals surface area contributed by atoms with Gasteiger partial charge in [0.15, 0.2) is 10.0 Å². The molecule has 0 aromatic carbocycles. The molecule has 0 aliphatic carbocycles. The third kappa shape index (κ3) is 30.1. The van der Waals surface area contributed by atoms with E-state index in [2.05, 4.69) is 172 Å². The Kier molecular flexibility index (Phi) is 35.2. The number of halogens is 6. The second-order valence-corrected chi connectivity index (χ2v) is 27.3. The van der Waals surface area contributed by atoms with Crippen LogP contribution in [0.25, 0.3) is 0 Å². The zero-order chi connectivity index (χ0) is 67.6. The lowest BCUT2D eigenvalue weighted by Crippen LogP contribution is -2.04. The monoisotopic (exact) mass is 1310 g/mol. The highest BCUT2D eigenvalue weighted by Gasteiger charge is 2.35. The predicted molar refractivity (Wildman–Crippen MR) is 356 cm³/mol. The van der Waals surface area contributed by atoms with Crippen LogP contribution in [0.3, 0.4) is 0 Å². The number of rotatable bonds is 9. The van der Waals surface area contributed by atoms with Crippen LogP contribution in [-0.2, 0) is 47.6 Å². The minimum absolute atomic E-state index is 0.0531. The number of aryl methyl sites for hydroxylation is 8. The van der Waals surface area contributed by atoms with Crippen LogP contribution in [0.5, 0.6) is 0 Å². The van der Waals surface area contributed by atoms with E-state index < -0.39 is 22.4 Å². The molecule has 0 N–H and O–H groups in total. The molecule has 0 aliphatic heterocycles. The first kappa shape index (κ1) is 80.2. The van der Waals surface area contributed by atoms with Crippen molar-refractivity contribution >= 4 is 45.3 Å². The van der Waals surface area contributed by atoms with Gasteiger partial charge in [0.25, 0.3) is 0 Å². The average molecular weight is 1310 g/mol. The number of thiazole rings is 4. The molecule has 0 saturated carbocycles. The molecule has 0 bridgehead atoms. The molecule has 492 valence electrons. The Morgan fingerprint density at radius 2 is 1.00 bits per heavy atom. The minimum atomic E-state index is -4.29. The Bertz CT molecular complexity index is 3080. The van der Waals surface area contributed by atoms with E-state index in [-0.39, 0.29) is 11.8 Å². The summed E-state index contributed by atoms with van der Waals surface area (Å²) in [6, 6.07) is 8.35. The highest BCUT2D eigenvalue weighted by molar-refractivity contribution is 7.11. The van der Waals surface area contributed by atoms with Crippen LogP contribution in [0.2, 0.25) is 0 Å². The normalized spacial score (nSPS) is 11.2. The van der Waals surface area contributed by atoms with Crippen LogP contribution >= 0.6 is 45.3 Å². The van der Waals surface area contributed by atoms with Gasteiger partial charge in [-0.1, -0.05) is 125 Å². The molecule has 9 aromatic rings. The van der Waals surface area contributed by atoms with Gasteiger partial charge < -0.3 is 4.57 Å². The first-order valence-corrected chi connectivity index (χ1v) is 33.0. The number of alkyl halides is 6. The van der Waals surface area contributed by atoms with Crippen molar-refractivity contribution in [2.45, 2.75) is 211 Å². The summed E-state index contributed by atoms with van der Waals surface area (Å²) < 4.78 is 81.7. The van der Waals surface area contributed by atoms with E-state index >= 15 is 0 Å². The molecule has 0 fully saturated rings. The van der Waals surface area contributed by atoms with E-state index in [0.717, 1.165) is 11.4 Å². The fraction of sp³-hybridized carbons (Fsp3) is 0.578. The summed E-state index contributed by atoms with van der Waals surface area (Å²) in [7, 11) is 9.88. The van der Waals surface area contributed by atoms with Gasteiger partial charge in [0.05, 0.1) is 51.0 Å². The van der Waals surface area contributed by atoms with Gasteiger partial charge in [-0.25, -0.2) is 24.9 Å². The fourth-order valence-electron chi connectivity index (χ4n) is 7.18. The quantitative estimate of drug-likeness (QED) is 0.129. The number of aromatic nitrogens is 14. The van der Waals surface area contributed by atoms with Crippen LogP contribution in [0.4, 0.5) is 26.3 Å². The van der Waals surface area contributed by atoms with Gasteiger partial charge in [-0.05, 0) is 98.3 Å². The molecule has 0 spiro atoms. The lowest BCUT2D eigenvalue weighted by molar-refractivity contribution is -0.138. The SMILES string of the molecule is CC(C)c1ccn(C)n1.CC(C)c1ccnn1C.CC(C)c1cnc(C(F)(F)F)s1.CC(C)c1cncn1C.CC(C)c1csc(C(F)(F)F)n1.CC(C)c1cscn1.Cc1cc(C(C)C)n(C)n1.Cc1cc(C(C)C)nn1C.Cc1nc(C(C)C)cs1. The summed E-state index contributed by atoms with van der Waals surface area (Å²) in [4.78, 5) is 19.9. The van der Waals surface area contributed by atoms with Crippen LogP contribution in [0, 0.1) is 20.8 Å². The number of nitrogens with zero attached hydrogens (tertiary/aromatic N) is 14. The number of hydrogen-bond donors (Lipinski definition) is 0. The van der Waals surface area contributed by atoms with E-state index in [1.807, 2.05) is 143 Å². The van der Waals surface area contributed by atoms with Crippen LogP contribution < -0.4 is 0 Å². The maximum absolute atomic E-state index is 12.0. The fourth-order valence-corrected chi connectivity index (χ4v) is 10.3. The van der Waals surface area contributed by atoms with Gasteiger partial charge in [-0.15, -0.1) is 45.3 Å². The van der Waals surface area contributed by atoms with Gasteiger partial charge in [-0.2, -0.15) is 46.7 Å². The van der Waals surface area contributed by atoms with Crippen LogP contribution in [0.1, 0.15) is 255 Å². The van der Waals surface area contributed by atoms with Crippen LogP contribution in [0.15, 0.2) is 77.0 Å². The minimum Gasteiger partial charge on any atom is -0.337 e. The largest absolute Gasteiger partial charge is 0.443 e. The maximum Gasteiger partial charge on any atom is 0.443 e. The van der Waals surface area contributed by atoms with Gasteiger partial charge in [0.1, 0.15) is 0 Å². The van der Waals surface area contributed by atoms with Gasteiger partial charge in [0, 0.05) is 104 Å². The Morgan fingerprint density at radius 1 is 0.466 bits per heavy atom. The molecule has 0 amide bonds. The van der Waals surface area contributed by atoms with Crippen molar-refractivity contribution in [3.8, 4) is 0 Å². The molecule has 0 radical (unpaired) electrons. The van der Waals surface area contributed by atoms with E-state index in [9.17, 15) is 26.3 Å². The van der Waals surface area contributed by atoms with E-state index in [1.165, 1.54) is 56.4 Å². The molecule has 88 heavy (non-hydrogen) atoms. The molecule has 9 heterocycles. The standard InChI is InChI=1S/2C8H14N2.2C7H8F3NS.3C7H12N2.C7H11NS.C6H9NS/c1-6(2)8-5-7(3)10(4)9-8;1-6(2)8-5-7(3)9-10(8)4;1-4(2)5-3-12-6(11-5)7(8,9)10;1-4(2)5-3-11-6(12-5)7(8,9)10;1-6(2)7-4-8-5-9(7)3;1-6(2)7-4-5-9(3)8-7;1-6(2)7-4-5-8-9(7)3;1-5(2)7-4-9-6(3)8-7;1-5(2)6-3-8-4-7-6/h2*5-6H,1-4H3;2*3-4H,1-2H3;3*4-6H,1-3H3;4-5H,1-3H3;3-5H,1-2H3. The van der Waals surface area contributed by atoms with Crippen molar-refractivity contribution in [1.29, 1.82) is 0 Å². The number of hydrogen-bond acceptors (Lipinski definition) is 13. The third-order valence-corrected chi connectivity index (χ3v) is 16.2. The first-order valence-electron chi connectivity index (χ1n) is 29.5. The summed E-state index contributed by atoms with van der Waals surface area (Å²) in [5.41, 5.74) is 13.4. The second-order valence-electron chi connectivity index (χ2n) is 23.6. The van der Waals surface area contributed by atoms with Gasteiger partial charge in [-0.3, -0.25) is 18.7 Å². The second kappa shape index (κ2) is 38.6. The van der Waals surface area contributed by atoms with Crippen molar-refractivity contribution < 1.29 is 26.3 Å². The average Bonchev–Trinajstić information content (AvgIpc) is 4.18.